The second kappa shape index (κ2) is 5.52. The van der Waals surface area contributed by atoms with Gasteiger partial charge in [-0.05, 0) is 19.9 Å². The summed E-state index contributed by atoms with van der Waals surface area (Å²) in [4.78, 5) is 15.6. The predicted octanol–water partition coefficient (Wildman–Crippen LogP) is -0.805. The van der Waals surface area contributed by atoms with Gasteiger partial charge in [0.25, 0.3) is 0 Å². The fraction of sp³-hybridized carbons (Fsp3) is 0.917. The molecule has 0 amide bonds. The summed E-state index contributed by atoms with van der Waals surface area (Å²) >= 11 is 0. The zero-order chi connectivity index (χ0) is 13.2. The van der Waals surface area contributed by atoms with Gasteiger partial charge in [0.15, 0.2) is 0 Å². The number of hydrogen-bond donors (Lipinski definition) is 2. The number of nitrogens with two attached hydrogens (primary N) is 1. The van der Waals surface area contributed by atoms with E-state index in [1.54, 1.807) is 6.92 Å². The van der Waals surface area contributed by atoms with E-state index in [1.807, 2.05) is 0 Å². The number of carboxylic acid groups (broad SMARTS) is 1. The van der Waals surface area contributed by atoms with E-state index in [0.717, 1.165) is 45.8 Å². The van der Waals surface area contributed by atoms with Crippen molar-refractivity contribution in [3.05, 3.63) is 0 Å². The maximum Gasteiger partial charge on any atom is 0.324 e. The monoisotopic (exact) mass is 257 g/mol. The normalized spacial score (nSPS) is 30.2. The number of rotatable bonds is 4. The highest BCUT2D eigenvalue weighted by atomic mass is 16.5. The third-order valence-electron chi connectivity index (χ3n) is 3.85. The largest absolute Gasteiger partial charge is 0.480 e. The average molecular weight is 257 g/mol. The van der Waals surface area contributed by atoms with Crippen molar-refractivity contribution in [1.82, 2.24) is 9.80 Å². The topological polar surface area (TPSA) is 79.0 Å². The van der Waals surface area contributed by atoms with Crippen molar-refractivity contribution in [1.29, 1.82) is 0 Å². The van der Waals surface area contributed by atoms with Gasteiger partial charge in [-0.3, -0.25) is 14.6 Å². The number of hydrogen-bond acceptors (Lipinski definition) is 5. The molecule has 0 aliphatic carbocycles. The Bertz CT molecular complexity index is 303. The summed E-state index contributed by atoms with van der Waals surface area (Å²) in [6.07, 6.45) is 1.09. The molecule has 104 valence electrons. The summed E-state index contributed by atoms with van der Waals surface area (Å²) in [7, 11) is 0. The Labute approximate surface area is 108 Å². The smallest absolute Gasteiger partial charge is 0.324 e. The zero-order valence-electron chi connectivity index (χ0n) is 11.0. The Morgan fingerprint density at radius 2 is 2.11 bits per heavy atom. The van der Waals surface area contributed by atoms with Crippen LogP contribution in [0.1, 0.15) is 13.3 Å². The fourth-order valence-corrected chi connectivity index (χ4v) is 2.73. The van der Waals surface area contributed by atoms with Crippen LogP contribution in [-0.4, -0.2) is 78.4 Å². The van der Waals surface area contributed by atoms with Crippen LogP contribution >= 0.6 is 0 Å². The standard InChI is InChI=1S/C12H23N3O3/c1-12(13,11(16)17)9-14-3-2-10(8-14)15-4-6-18-7-5-15/h10H,2-9,13H2,1H3,(H,16,17). The number of aliphatic carboxylic acids is 1. The molecule has 2 unspecified atom stereocenters. The van der Waals surface area contributed by atoms with Crippen LogP contribution in [0.3, 0.4) is 0 Å². The average Bonchev–Trinajstić information content (AvgIpc) is 2.78. The van der Waals surface area contributed by atoms with Gasteiger partial charge in [0.1, 0.15) is 5.54 Å². The molecule has 6 nitrogen and oxygen atoms in total. The van der Waals surface area contributed by atoms with E-state index in [4.69, 9.17) is 15.6 Å². The summed E-state index contributed by atoms with van der Waals surface area (Å²) in [5, 5.41) is 9.04. The number of morpholine rings is 1. The second-order valence-corrected chi connectivity index (χ2v) is 5.55. The van der Waals surface area contributed by atoms with Crippen LogP contribution in [0.25, 0.3) is 0 Å². The molecule has 0 bridgehead atoms. The van der Waals surface area contributed by atoms with E-state index >= 15 is 0 Å². The quantitative estimate of drug-likeness (QED) is 0.686. The highest BCUT2D eigenvalue weighted by Gasteiger charge is 2.35. The maximum atomic E-state index is 11.0. The molecule has 2 aliphatic rings. The van der Waals surface area contributed by atoms with E-state index in [2.05, 4.69) is 9.80 Å². The van der Waals surface area contributed by atoms with Crippen LogP contribution in [-0.2, 0) is 9.53 Å². The van der Waals surface area contributed by atoms with Gasteiger partial charge < -0.3 is 15.6 Å². The first-order chi connectivity index (χ1) is 8.49. The molecular formula is C12H23N3O3. The molecule has 2 heterocycles. The van der Waals surface area contributed by atoms with Crippen LogP contribution < -0.4 is 5.73 Å². The van der Waals surface area contributed by atoms with Gasteiger partial charge in [-0.2, -0.15) is 0 Å². The van der Waals surface area contributed by atoms with Crippen molar-refractivity contribution in [3.63, 3.8) is 0 Å². The van der Waals surface area contributed by atoms with Crippen LogP contribution in [0, 0.1) is 0 Å². The summed E-state index contributed by atoms with van der Waals surface area (Å²) in [5.41, 5.74) is 4.64. The Hall–Kier alpha value is -0.690. The maximum absolute atomic E-state index is 11.0. The molecule has 2 rings (SSSR count). The van der Waals surface area contributed by atoms with Crippen LogP contribution in [0.15, 0.2) is 0 Å². The third-order valence-corrected chi connectivity index (χ3v) is 3.85. The molecule has 6 heteroatoms. The Kier molecular flexibility index (Phi) is 4.21. The molecule has 0 saturated carbocycles. The van der Waals surface area contributed by atoms with Gasteiger partial charge in [0, 0.05) is 32.2 Å². The molecule has 0 aromatic carbocycles. The lowest BCUT2D eigenvalue weighted by molar-refractivity contribution is -0.143. The van der Waals surface area contributed by atoms with E-state index in [1.165, 1.54) is 0 Å². The van der Waals surface area contributed by atoms with Gasteiger partial charge >= 0.3 is 5.97 Å². The summed E-state index contributed by atoms with van der Waals surface area (Å²) in [6, 6.07) is 0.526. The molecule has 2 atom stereocenters. The number of carboxylic acids is 1. The number of ether oxygens (including phenoxy) is 1. The van der Waals surface area contributed by atoms with Crippen LogP contribution in [0.4, 0.5) is 0 Å². The molecule has 3 N–H and O–H groups in total. The van der Waals surface area contributed by atoms with Crippen LogP contribution in [0.5, 0.6) is 0 Å². The Morgan fingerprint density at radius 3 is 2.72 bits per heavy atom. The zero-order valence-corrected chi connectivity index (χ0v) is 11.0. The van der Waals surface area contributed by atoms with Crippen molar-refractivity contribution in [2.45, 2.75) is 24.9 Å². The molecule has 0 spiro atoms. The van der Waals surface area contributed by atoms with Gasteiger partial charge in [-0.1, -0.05) is 0 Å². The molecule has 18 heavy (non-hydrogen) atoms. The van der Waals surface area contributed by atoms with Crippen molar-refractivity contribution >= 4 is 5.97 Å². The molecule has 0 radical (unpaired) electrons. The Balaban J connectivity index is 1.82. The lowest BCUT2D eigenvalue weighted by Gasteiger charge is -2.32. The van der Waals surface area contributed by atoms with Crippen molar-refractivity contribution in [2.75, 3.05) is 45.9 Å². The highest BCUT2D eigenvalue weighted by Crippen LogP contribution is 2.18. The minimum atomic E-state index is -1.15. The first kappa shape index (κ1) is 13.7. The minimum Gasteiger partial charge on any atom is -0.480 e. The molecule has 2 saturated heterocycles. The van der Waals surface area contributed by atoms with Gasteiger partial charge in [-0.25, -0.2) is 0 Å². The van der Waals surface area contributed by atoms with E-state index in [0.29, 0.717) is 12.6 Å². The third kappa shape index (κ3) is 3.20. The number of nitrogens with zero attached hydrogens (tertiary/aromatic N) is 2. The number of likely N-dealkylation sites (tertiary alicyclic amines) is 1. The van der Waals surface area contributed by atoms with Crippen molar-refractivity contribution in [2.24, 2.45) is 5.73 Å². The molecule has 2 aliphatic heterocycles. The summed E-state index contributed by atoms with van der Waals surface area (Å²) < 4.78 is 5.35. The SMILES string of the molecule is CC(N)(CN1CCC(N2CCOCC2)C1)C(=O)O. The molecular weight excluding hydrogens is 234 g/mol. The molecule has 0 aromatic rings. The van der Waals surface area contributed by atoms with Gasteiger partial charge in [0.2, 0.25) is 0 Å². The Morgan fingerprint density at radius 1 is 1.44 bits per heavy atom. The lowest BCUT2D eigenvalue weighted by Crippen LogP contribution is -2.54. The summed E-state index contributed by atoms with van der Waals surface area (Å²) in [5.74, 6) is -0.933. The first-order valence-corrected chi connectivity index (χ1v) is 6.55. The highest BCUT2D eigenvalue weighted by molar-refractivity contribution is 5.78. The van der Waals surface area contributed by atoms with E-state index in [-0.39, 0.29) is 0 Å². The van der Waals surface area contributed by atoms with Crippen LogP contribution in [0.2, 0.25) is 0 Å². The van der Waals surface area contributed by atoms with E-state index < -0.39 is 11.5 Å². The van der Waals surface area contributed by atoms with Crippen molar-refractivity contribution < 1.29 is 14.6 Å². The predicted molar refractivity (Wildman–Crippen MR) is 67.5 cm³/mol. The summed E-state index contributed by atoms with van der Waals surface area (Å²) in [6.45, 7) is 7.43. The second-order valence-electron chi connectivity index (χ2n) is 5.55. The van der Waals surface area contributed by atoms with Gasteiger partial charge in [-0.15, -0.1) is 0 Å². The lowest BCUT2D eigenvalue weighted by atomic mass is 10.0. The minimum absolute atomic E-state index is 0.420. The first-order valence-electron chi connectivity index (χ1n) is 6.55. The van der Waals surface area contributed by atoms with Gasteiger partial charge in [0.05, 0.1) is 13.2 Å². The van der Waals surface area contributed by atoms with Crippen molar-refractivity contribution in [3.8, 4) is 0 Å². The number of carbonyl (C=O) groups is 1. The van der Waals surface area contributed by atoms with E-state index in [9.17, 15) is 4.79 Å². The molecule has 2 fully saturated rings. The fourth-order valence-electron chi connectivity index (χ4n) is 2.73. The molecule has 0 aromatic heterocycles.